The number of halogens is 2. The molecule has 1 atom stereocenters. The van der Waals surface area contributed by atoms with Gasteiger partial charge in [-0.1, -0.05) is 6.07 Å². The van der Waals surface area contributed by atoms with E-state index in [0.717, 1.165) is 6.07 Å². The smallest absolute Gasteiger partial charge is 0.255 e. The Morgan fingerprint density at radius 2 is 1.87 bits per heavy atom. The molecule has 4 aromatic rings. The summed E-state index contributed by atoms with van der Waals surface area (Å²) in [5, 5.41) is 3.11. The molecule has 3 aromatic carbocycles. The van der Waals surface area contributed by atoms with Crippen LogP contribution < -0.4 is 10.0 Å². The molecule has 39 heavy (non-hydrogen) atoms. The first-order valence-electron chi connectivity index (χ1n) is 12.1. The summed E-state index contributed by atoms with van der Waals surface area (Å²) in [5.74, 6) is -1.53. The minimum absolute atomic E-state index is 0.118. The van der Waals surface area contributed by atoms with Crippen LogP contribution in [0.4, 0.5) is 14.5 Å². The van der Waals surface area contributed by atoms with Crippen molar-refractivity contribution in [3.63, 3.8) is 0 Å². The summed E-state index contributed by atoms with van der Waals surface area (Å²) in [7, 11) is -2.46. The van der Waals surface area contributed by atoms with Crippen LogP contribution in [0.5, 0.6) is 0 Å². The van der Waals surface area contributed by atoms with E-state index in [4.69, 9.17) is 4.42 Å². The maximum Gasteiger partial charge on any atom is 0.255 e. The van der Waals surface area contributed by atoms with E-state index in [0.29, 0.717) is 52.9 Å². The number of carbonyl (C=O) groups is 1. The number of hydrogen-bond donors (Lipinski definition) is 3. The fourth-order valence-electron chi connectivity index (χ4n) is 4.98. The van der Waals surface area contributed by atoms with E-state index in [9.17, 15) is 26.5 Å². The Morgan fingerprint density at radius 1 is 1.10 bits per heavy atom. The number of rotatable bonds is 7. The molecule has 204 valence electrons. The Morgan fingerprint density at radius 3 is 2.56 bits per heavy atom. The number of nitrogens with one attached hydrogen (secondary N) is 2. The largest absolute Gasteiger partial charge is 0.455 e. The van der Waals surface area contributed by atoms with Gasteiger partial charge in [-0.3, -0.25) is 4.79 Å². The number of amides is 1. The lowest BCUT2D eigenvalue weighted by Crippen LogP contribution is -2.39. The van der Waals surface area contributed by atoms with Crippen molar-refractivity contribution in [3.8, 4) is 11.3 Å². The molecule has 0 bridgehead atoms. The average molecular weight is 574 g/mol. The number of piperidine rings is 1. The second-order valence-corrected chi connectivity index (χ2v) is 11.5. The van der Waals surface area contributed by atoms with Crippen molar-refractivity contribution < 1.29 is 31.0 Å². The minimum Gasteiger partial charge on any atom is -0.455 e. The van der Waals surface area contributed by atoms with Crippen LogP contribution in [-0.4, -0.2) is 43.3 Å². The summed E-state index contributed by atoms with van der Waals surface area (Å²) in [6.07, 6.45) is 1.20. The third-order valence-electron chi connectivity index (χ3n) is 6.83. The quantitative estimate of drug-likeness (QED) is 0.188. The lowest BCUT2D eigenvalue weighted by atomic mass is 9.89. The normalized spacial score (nSPS) is 16.4. The molecule has 3 N–H and O–H groups in total. The molecule has 1 aliphatic heterocycles. The Bertz CT molecular complexity index is 1640. The van der Waals surface area contributed by atoms with Gasteiger partial charge in [-0.05, 0) is 72.9 Å². The Kier molecular flexibility index (Phi) is 7.63. The van der Waals surface area contributed by atoms with E-state index in [1.807, 2.05) is 0 Å². The van der Waals surface area contributed by atoms with Crippen LogP contribution in [-0.2, 0) is 10.0 Å². The zero-order valence-corrected chi connectivity index (χ0v) is 22.4. The summed E-state index contributed by atoms with van der Waals surface area (Å²) in [6, 6.07) is 13.9. The standard InChI is InChI=1S/C27H25F2N3O5S2/c1-30-27(33)25-22-13-21(17-4-3-11-32(15-17)39(35,36)20-6-2-5-19(29)12-20)23(31-38-34)14-24(22)37-26(25)16-7-9-18(28)10-8-16/h2,5-10,12-14,17,31,34H,3-4,11,15H2,1H3,(H,30,33)/t17-/m0/s1. The van der Waals surface area contributed by atoms with Gasteiger partial charge in [0.15, 0.2) is 0 Å². The highest BCUT2D eigenvalue weighted by Gasteiger charge is 2.33. The lowest BCUT2D eigenvalue weighted by molar-refractivity contribution is 0.0964. The molecule has 1 amide bonds. The maximum absolute atomic E-state index is 13.8. The average Bonchev–Trinajstić information content (AvgIpc) is 3.31. The number of nitrogens with zero attached hydrogens (tertiary/aromatic N) is 1. The summed E-state index contributed by atoms with van der Waals surface area (Å²) in [6.45, 7) is 0.395. The van der Waals surface area contributed by atoms with Crippen molar-refractivity contribution in [1.82, 2.24) is 9.62 Å². The van der Waals surface area contributed by atoms with Crippen LogP contribution in [0.25, 0.3) is 22.3 Å². The minimum atomic E-state index is -3.95. The van der Waals surface area contributed by atoms with E-state index in [1.54, 1.807) is 12.1 Å². The van der Waals surface area contributed by atoms with E-state index in [1.165, 1.54) is 53.8 Å². The maximum atomic E-state index is 13.8. The Balaban J connectivity index is 1.60. The number of sulfonamides is 1. The molecule has 0 spiro atoms. The molecular weight excluding hydrogens is 548 g/mol. The molecule has 1 fully saturated rings. The van der Waals surface area contributed by atoms with Crippen LogP contribution >= 0.6 is 12.2 Å². The van der Waals surface area contributed by atoms with Crippen molar-refractivity contribution in [1.29, 1.82) is 0 Å². The van der Waals surface area contributed by atoms with Gasteiger partial charge in [-0.2, -0.15) is 4.31 Å². The molecule has 1 aliphatic rings. The van der Waals surface area contributed by atoms with Gasteiger partial charge in [-0.15, -0.1) is 0 Å². The third-order valence-corrected chi connectivity index (χ3v) is 9.01. The van der Waals surface area contributed by atoms with Gasteiger partial charge in [0.05, 0.1) is 16.1 Å². The van der Waals surface area contributed by atoms with Gasteiger partial charge in [0, 0.05) is 37.2 Å². The van der Waals surface area contributed by atoms with Gasteiger partial charge in [-0.25, -0.2) is 17.2 Å². The lowest BCUT2D eigenvalue weighted by Gasteiger charge is -2.33. The molecule has 0 radical (unpaired) electrons. The highest BCUT2D eigenvalue weighted by molar-refractivity contribution is 7.95. The van der Waals surface area contributed by atoms with Crippen molar-refractivity contribution in [2.75, 3.05) is 24.9 Å². The second kappa shape index (κ2) is 11.0. The molecule has 12 heteroatoms. The summed E-state index contributed by atoms with van der Waals surface area (Å²) in [5.41, 5.74) is 2.29. The molecule has 0 unspecified atom stereocenters. The van der Waals surface area contributed by atoms with E-state index < -0.39 is 27.6 Å². The fourth-order valence-corrected chi connectivity index (χ4v) is 6.81. The summed E-state index contributed by atoms with van der Waals surface area (Å²) >= 11 is 0.380. The SMILES string of the molecule is CNC(=O)c1c(-c2ccc(F)cc2)oc2cc(NSO)c([C@H]3CCCN(S(=O)(=O)c4cccc(F)c4)C3)cc12. The molecule has 5 rings (SSSR count). The Hall–Kier alpha value is -3.45. The number of furan rings is 1. The molecular formula is C27H25F2N3O5S2. The van der Waals surface area contributed by atoms with Crippen molar-refractivity contribution >= 4 is 44.8 Å². The number of fused-ring (bicyclic) bond motifs is 1. The number of carbonyl (C=O) groups excluding carboxylic acids is 1. The van der Waals surface area contributed by atoms with E-state index in [-0.39, 0.29) is 35.2 Å². The van der Waals surface area contributed by atoms with Crippen molar-refractivity contribution in [3.05, 3.63) is 83.4 Å². The highest BCUT2D eigenvalue weighted by Crippen LogP contribution is 2.41. The van der Waals surface area contributed by atoms with Crippen LogP contribution in [0, 0.1) is 11.6 Å². The number of benzene rings is 3. The summed E-state index contributed by atoms with van der Waals surface area (Å²) < 4.78 is 73.8. The fraction of sp³-hybridized carbons (Fsp3) is 0.222. The van der Waals surface area contributed by atoms with Gasteiger partial charge in [0.1, 0.15) is 35.2 Å². The van der Waals surface area contributed by atoms with Gasteiger partial charge < -0.3 is 19.0 Å². The zero-order chi connectivity index (χ0) is 27.7. The van der Waals surface area contributed by atoms with Crippen molar-refractivity contribution in [2.45, 2.75) is 23.7 Å². The molecule has 1 aromatic heterocycles. The first-order chi connectivity index (χ1) is 18.7. The van der Waals surface area contributed by atoms with Gasteiger partial charge in [0.25, 0.3) is 5.91 Å². The van der Waals surface area contributed by atoms with Crippen LogP contribution in [0.2, 0.25) is 0 Å². The molecule has 2 heterocycles. The predicted octanol–water partition coefficient (Wildman–Crippen LogP) is 5.84. The molecule has 0 saturated carbocycles. The third kappa shape index (κ3) is 5.24. The number of hydrogen-bond acceptors (Lipinski definition) is 7. The van der Waals surface area contributed by atoms with Crippen molar-refractivity contribution in [2.24, 2.45) is 0 Å². The highest BCUT2D eigenvalue weighted by atomic mass is 32.2. The van der Waals surface area contributed by atoms with Gasteiger partial charge in [0.2, 0.25) is 10.0 Å². The van der Waals surface area contributed by atoms with Crippen LogP contribution in [0.3, 0.4) is 0 Å². The van der Waals surface area contributed by atoms with Crippen LogP contribution in [0.15, 0.2) is 70.0 Å². The van der Waals surface area contributed by atoms with Gasteiger partial charge >= 0.3 is 0 Å². The second-order valence-electron chi connectivity index (χ2n) is 9.18. The molecule has 0 aliphatic carbocycles. The monoisotopic (exact) mass is 573 g/mol. The number of anilines is 1. The molecule has 8 nitrogen and oxygen atoms in total. The van der Waals surface area contributed by atoms with E-state index >= 15 is 0 Å². The van der Waals surface area contributed by atoms with Crippen LogP contribution in [0.1, 0.15) is 34.7 Å². The Labute approximate surface area is 228 Å². The summed E-state index contributed by atoms with van der Waals surface area (Å²) in [4.78, 5) is 12.9. The first kappa shape index (κ1) is 27.1. The predicted molar refractivity (Wildman–Crippen MR) is 146 cm³/mol. The zero-order valence-electron chi connectivity index (χ0n) is 20.8. The topological polar surface area (TPSA) is 112 Å². The molecule has 1 saturated heterocycles. The van der Waals surface area contributed by atoms with E-state index in [2.05, 4.69) is 10.0 Å². The first-order valence-corrected chi connectivity index (χ1v) is 14.3.